The summed E-state index contributed by atoms with van der Waals surface area (Å²) in [4.78, 5) is 14.6. The Morgan fingerprint density at radius 3 is 3.04 bits per heavy atom. The van der Waals surface area contributed by atoms with Crippen LogP contribution >= 0.6 is 0 Å². The molecule has 134 valence electrons. The summed E-state index contributed by atoms with van der Waals surface area (Å²) in [6, 6.07) is 5.14. The van der Waals surface area contributed by atoms with Crippen LogP contribution in [0.3, 0.4) is 0 Å². The minimum absolute atomic E-state index is 0.0489. The highest BCUT2D eigenvalue weighted by molar-refractivity contribution is 7.92. The summed E-state index contributed by atoms with van der Waals surface area (Å²) in [6.45, 7) is 0.265. The molecule has 1 aliphatic carbocycles. The molecule has 2 heterocycles. The predicted molar refractivity (Wildman–Crippen MR) is 91.2 cm³/mol. The first-order valence-corrected chi connectivity index (χ1v) is 10.1. The molecule has 0 spiro atoms. The van der Waals surface area contributed by atoms with Crippen molar-refractivity contribution in [1.82, 2.24) is 10.1 Å². The van der Waals surface area contributed by atoms with Crippen molar-refractivity contribution >= 4 is 26.7 Å². The van der Waals surface area contributed by atoms with Crippen molar-refractivity contribution in [3.8, 4) is 5.75 Å². The Balaban J connectivity index is 1.58. The molecule has 0 bridgehead atoms. The van der Waals surface area contributed by atoms with E-state index in [9.17, 15) is 13.2 Å². The molecule has 0 N–H and O–H groups in total. The van der Waals surface area contributed by atoms with E-state index >= 15 is 0 Å². The average Bonchev–Trinajstić information content (AvgIpc) is 3.23. The van der Waals surface area contributed by atoms with E-state index < -0.39 is 15.1 Å². The van der Waals surface area contributed by atoms with Crippen LogP contribution < -0.4 is 4.74 Å². The summed E-state index contributed by atoms with van der Waals surface area (Å²) in [5, 5.41) is 4.37. The number of ether oxygens (including phenoxy) is 1. The first kappa shape index (κ1) is 16.4. The minimum Gasteiger partial charge on any atom is -0.497 e. The van der Waals surface area contributed by atoms with E-state index in [1.54, 1.807) is 30.2 Å². The number of carbonyl (C=O) groups is 1. The first-order valence-electron chi connectivity index (χ1n) is 8.43. The molecule has 1 aromatic heterocycles. The van der Waals surface area contributed by atoms with Crippen LogP contribution in [0.4, 0.5) is 0 Å². The SMILES string of the molecule is COc1ccc2onc(CC(=O)N3CCS(=O)(=O)C4CCCC43)c2c1. The van der Waals surface area contributed by atoms with Crippen molar-refractivity contribution in [3.63, 3.8) is 0 Å². The summed E-state index contributed by atoms with van der Waals surface area (Å²) in [6.07, 6.45) is 2.36. The number of carbonyl (C=O) groups excluding carboxylic acids is 1. The average molecular weight is 364 g/mol. The van der Waals surface area contributed by atoms with Gasteiger partial charge in [-0.25, -0.2) is 8.42 Å². The first-order chi connectivity index (χ1) is 12.0. The molecule has 4 rings (SSSR count). The third-order valence-electron chi connectivity index (χ3n) is 5.29. The smallest absolute Gasteiger partial charge is 0.229 e. The lowest BCUT2D eigenvalue weighted by Crippen LogP contribution is -2.54. The Morgan fingerprint density at radius 2 is 2.24 bits per heavy atom. The lowest BCUT2D eigenvalue weighted by atomic mass is 10.1. The summed E-state index contributed by atoms with van der Waals surface area (Å²) in [5.41, 5.74) is 1.16. The normalized spacial score (nSPS) is 25.1. The zero-order valence-electron chi connectivity index (χ0n) is 14.0. The number of sulfone groups is 1. The molecule has 25 heavy (non-hydrogen) atoms. The molecule has 1 saturated heterocycles. The Hall–Kier alpha value is -2.09. The molecule has 2 atom stereocenters. The molecular formula is C17H20N2O5S. The van der Waals surface area contributed by atoms with Gasteiger partial charge in [-0.3, -0.25) is 4.79 Å². The van der Waals surface area contributed by atoms with Crippen LogP contribution in [0, 0.1) is 0 Å². The largest absolute Gasteiger partial charge is 0.497 e. The van der Waals surface area contributed by atoms with Crippen molar-refractivity contribution in [2.24, 2.45) is 0 Å². The molecule has 2 fully saturated rings. The minimum atomic E-state index is -3.08. The fourth-order valence-corrected chi connectivity index (χ4v) is 6.04. The van der Waals surface area contributed by atoms with Gasteiger partial charge < -0.3 is 14.2 Å². The topological polar surface area (TPSA) is 89.7 Å². The summed E-state index contributed by atoms with van der Waals surface area (Å²) in [5.74, 6) is 0.627. The molecule has 1 aliphatic heterocycles. The standard InChI is InChI=1S/C17H20N2O5S/c1-23-11-5-6-15-12(9-11)13(18-24-15)10-17(20)19-7-8-25(21,22)16-4-2-3-14(16)19/h5-6,9,14,16H,2-4,7-8,10H2,1H3. The number of amides is 1. The fourth-order valence-electron chi connectivity index (χ4n) is 4.00. The molecule has 7 nitrogen and oxygen atoms in total. The monoisotopic (exact) mass is 364 g/mol. The van der Waals surface area contributed by atoms with Gasteiger partial charge in [-0.15, -0.1) is 0 Å². The maximum Gasteiger partial charge on any atom is 0.229 e. The third kappa shape index (κ3) is 2.78. The second kappa shape index (κ2) is 6.01. The third-order valence-corrected chi connectivity index (χ3v) is 7.51. The van der Waals surface area contributed by atoms with Gasteiger partial charge in [0.1, 0.15) is 11.4 Å². The highest BCUT2D eigenvalue weighted by Gasteiger charge is 2.45. The van der Waals surface area contributed by atoms with Crippen LogP contribution in [0.15, 0.2) is 22.7 Å². The van der Waals surface area contributed by atoms with Crippen molar-refractivity contribution in [2.45, 2.75) is 37.0 Å². The van der Waals surface area contributed by atoms with E-state index in [-0.39, 0.29) is 30.7 Å². The molecule has 8 heteroatoms. The van der Waals surface area contributed by atoms with E-state index in [1.807, 2.05) is 0 Å². The Bertz CT molecular complexity index is 920. The molecule has 1 amide bonds. The van der Waals surface area contributed by atoms with Gasteiger partial charge in [0.15, 0.2) is 15.4 Å². The number of benzene rings is 1. The van der Waals surface area contributed by atoms with Crippen molar-refractivity contribution in [2.75, 3.05) is 19.4 Å². The molecular weight excluding hydrogens is 344 g/mol. The number of nitrogens with zero attached hydrogens (tertiary/aromatic N) is 2. The van der Waals surface area contributed by atoms with Gasteiger partial charge in [0.25, 0.3) is 0 Å². The van der Waals surface area contributed by atoms with Crippen LogP contribution in [0.5, 0.6) is 5.75 Å². The number of aromatic nitrogens is 1. The van der Waals surface area contributed by atoms with Crippen LogP contribution in [0.2, 0.25) is 0 Å². The van der Waals surface area contributed by atoms with Crippen LogP contribution in [0.25, 0.3) is 11.0 Å². The van der Waals surface area contributed by atoms with Crippen LogP contribution in [-0.4, -0.2) is 55.1 Å². The number of hydrogen-bond acceptors (Lipinski definition) is 6. The van der Waals surface area contributed by atoms with Gasteiger partial charge in [-0.2, -0.15) is 0 Å². The molecule has 1 aromatic carbocycles. The van der Waals surface area contributed by atoms with E-state index in [0.717, 1.165) is 18.2 Å². The fraction of sp³-hybridized carbons (Fsp3) is 0.529. The van der Waals surface area contributed by atoms with E-state index in [0.29, 0.717) is 23.4 Å². The number of hydrogen-bond donors (Lipinski definition) is 0. The molecule has 2 aliphatic rings. The van der Waals surface area contributed by atoms with Crippen LogP contribution in [0.1, 0.15) is 25.0 Å². The highest BCUT2D eigenvalue weighted by Crippen LogP contribution is 2.34. The molecule has 1 saturated carbocycles. The Morgan fingerprint density at radius 1 is 1.40 bits per heavy atom. The van der Waals surface area contributed by atoms with Crippen molar-refractivity contribution in [3.05, 3.63) is 23.9 Å². The van der Waals surface area contributed by atoms with E-state index in [1.165, 1.54) is 0 Å². The van der Waals surface area contributed by atoms with Gasteiger partial charge in [-0.05, 0) is 37.5 Å². The number of rotatable bonds is 3. The number of methoxy groups -OCH3 is 1. The predicted octanol–water partition coefficient (Wildman–Crippen LogP) is 1.56. The molecule has 0 radical (unpaired) electrons. The Labute approximate surface area is 145 Å². The summed E-state index contributed by atoms with van der Waals surface area (Å²) in [7, 11) is -1.50. The van der Waals surface area contributed by atoms with Crippen molar-refractivity contribution in [1.29, 1.82) is 0 Å². The lowest BCUT2D eigenvalue weighted by Gasteiger charge is -2.37. The maximum atomic E-state index is 12.8. The number of fused-ring (bicyclic) bond motifs is 2. The quantitative estimate of drug-likeness (QED) is 0.821. The molecule has 2 aromatic rings. The Kier molecular flexibility index (Phi) is 3.94. The van der Waals surface area contributed by atoms with Gasteiger partial charge in [-0.1, -0.05) is 5.16 Å². The molecule has 2 unspecified atom stereocenters. The summed E-state index contributed by atoms with van der Waals surface area (Å²) >= 11 is 0. The van der Waals surface area contributed by atoms with Crippen LogP contribution in [-0.2, 0) is 21.1 Å². The summed E-state index contributed by atoms with van der Waals surface area (Å²) < 4.78 is 34.9. The second-order valence-electron chi connectivity index (χ2n) is 6.66. The zero-order valence-corrected chi connectivity index (χ0v) is 14.8. The van der Waals surface area contributed by atoms with Gasteiger partial charge in [0.2, 0.25) is 5.91 Å². The zero-order chi connectivity index (χ0) is 17.6. The second-order valence-corrected chi connectivity index (χ2v) is 9.00. The van der Waals surface area contributed by atoms with Gasteiger partial charge in [0.05, 0.1) is 24.5 Å². The highest BCUT2D eigenvalue weighted by atomic mass is 32.2. The van der Waals surface area contributed by atoms with E-state index in [2.05, 4.69) is 5.16 Å². The van der Waals surface area contributed by atoms with Crippen molar-refractivity contribution < 1.29 is 22.5 Å². The maximum absolute atomic E-state index is 12.8. The lowest BCUT2D eigenvalue weighted by molar-refractivity contribution is -0.132. The van der Waals surface area contributed by atoms with E-state index in [4.69, 9.17) is 9.26 Å². The van der Waals surface area contributed by atoms with Gasteiger partial charge >= 0.3 is 0 Å². The van der Waals surface area contributed by atoms with Gasteiger partial charge in [0, 0.05) is 18.0 Å².